The van der Waals surface area contributed by atoms with E-state index in [2.05, 4.69) is 5.32 Å². The van der Waals surface area contributed by atoms with Gasteiger partial charge in [0.15, 0.2) is 0 Å². The van der Waals surface area contributed by atoms with Gasteiger partial charge in [-0.3, -0.25) is 9.59 Å². The maximum Gasteiger partial charge on any atom is 0.500 e. The molecule has 8 nitrogen and oxygen atoms in total. The zero-order valence-corrected chi connectivity index (χ0v) is 15.7. The summed E-state index contributed by atoms with van der Waals surface area (Å²) in [5, 5.41) is 3.02. The average molecular weight is 351 g/mol. The van der Waals surface area contributed by atoms with Gasteiger partial charge in [0, 0.05) is 27.4 Å². The summed E-state index contributed by atoms with van der Waals surface area (Å²) in [6, 6.07) is -0.129. The lowest BCUT2D eigenvalue weighted by atomic mass is 10.2. The van der Waals surface area contributed by atoms with Gasteiger partial charge in [0.25, 0.3) is 0 Å². The van der Waals surface area contributed by atoms with Crippen LogP contribution in [0, 0.1) is 0 Å². The molecule has 0 bridgehead atoms. The molecule has 0 aromatic carbocycles. The molecule has 0 saturated carbocycles. The Labute approximate surface area is 139 Å². The molecule has 0 aliphatic carbocycles. The van der Waals surface area contributed by atoms with Crippen LogP contribution in [0.3, 0.4) is 0 Å². The van der Waals surface area contributed by atoms with Crippen LogP contribution in [0.5, 0.6) is 0 Å². The van der Waals surface area contributed by atoms with Crippen molar-refractivity contribution in [2.24, 2.45) is 0 Å². The number of carbonyl (C=O) groups excluding carboxylic acids is 2. The second-order valence-corrected chi connectivity index (χ2v) is 7.76. The highest BCUT2D eigenvalue weighted by Gasteiger charge is 2.37. The van der Waals surface area contributed by atoms with Crippen LogP contribution in [0.2, 0.25) is 6.04 Å². The standard InChI is InChI=1S/C14H29NO7Si/c1-6-21-13(16)11-12(14(17)22-7-2)15-9-8-10-23(18-3,19-4)20-5/h12,15H,6-11H2,1-5H3. The van der Waals surface area contributed by atoms with Crippen molar-refractivity contribution in [2.75, 3.05) is 41.1 Å². The molecular weight excluding hydrogens is 322 g/mol. The number of hydrogen-bond donors (Lipinski definition) is 1. The van der Waals surface area contributed by atoms with Crippen LogP contribution in [-0.2, 0) is 32.3 Å². The molecule has 1 N–H and O–H groups in total. The summed E-state index contributed by atoms with van der Waals surface area (Å²) < 4.78 is 25.8. The molecule has 1 unspecified atom stereocenters. The van der Waals surface area contributed by atoms with Crippen LogP contribution in [0.4, 0.5) is 0 Å². The van der Waals surface area contributed by atoms with Gasteiger partial charge in [0.1, 0.15) is 6.04 Å². The Kier molecular flexibility index (Phi) is 11.9. The smallest absolute Gasteiger partial charge is 0.466 e. The van der Waals surface area contributed by atoms with Crippen LogP contribution in [0.1, 0.15) is 26.7 Å². The fourth-order valence-corrected chi connectivity index (χ4v) is 3.73. The van der Waals surface area contributed by atoms with E-state index < -0.39 is 26.8 Å². The Morgan fingerprint density at radius 3 is 2.04 bits per heavy atom. The summed E-state index contributed by atoms with van der Waals surface area (Å²) in [4.78, 5) is 23.5. The van der Waals surface area contributed by atoms with Crippen molar-refractivity contribution >= 4 is 20.7 Å². The van der Waals surface area contributed by atoms with Gasteiger partial charge in [0.2, 0.25) is 0 Å². The highest BCUT2D eigenvalue weighted by atomic mass is 28.4. The Hall–Kier alpha value is -1.00. The number of esters is 2. The Morgan fingerprint density at radius 1 is 1.00 bits per heavy atom. The predicted molar refractivity (Wildman–Crippen MR) is 85.9 cm³/mol. The van der Waals surface area contributed by atoms with Gasteiger partial charge in [-0.15, -0.1) is 0 Å². The van der Waals surface area contributed by atoms with Gasteiger partial charge in [0.05, 0.1) is 19.6 Å². The summed E-state index contributed by atoms with van der Waals surface area (Å²) in [6.07, 6.45) is 0.606. The first-order valence-electron chi connectivity index (χ1n) is 7.69. The summed E-state index contributed by atoms with van der Waals surface area (Å²) >= 11 is 0. The molecule has 9 heteroatoms. The van der Waals surface area contributed by atoms with Crippen molar-refractivity contribution in [3.63, 3.8) is 0 Å². The summed E-state index contributed by atoms with van der Waals surface area (Å²) in [7, 11) is 2.03. The zero-order chi connectivity index (χ0) is 17.7. The largest absolute Gasteiger partial charge is 0.500 e. The third kappa shape index (κ3) is 8.42. The quantitative estimate of drug-likeness (QED) is 0.295. The minimum atomic E-state index is -2.62. The SMILES string of the molecule is CCOC(=O)CC(NCCC[Si](OC)(OC)OC)C(=O)OCC. The van der Waals surface area contributed by atoms with E-state index in [1.807, 2.05) is 0 Å². The van der Waals surface area contributed by atoms with Crippen LogP contribution in [-0.4, -0.2) is 67.9 Å². The number of ether oxygens (including phenoxy) is 2. The third-order valence-corrected chi connectivity index (χ3v) is 6.06. The number of rotatable bonds is 13. The molecule has 0 heterocycles. The van der Waals surface area contributed by atoms with Crippen LogP contribution < -0.4 is 5.32 Å². The van der Waals surface area contributed by atoms with Gasteiger partial charge in [-0.2, -0.15) is 0 Å². The molecule has 1 atom stereocenters. The van der Waals surface area contributed by atoms with Gasteiger partial charge in [-0.05, 0) is 26.8 Å². The van der Waals surface area contributed by atoms with Crippen molar-refractivity contribution in [1.82, 2.24) is 5.32 Å². The number of hydrogen-bond acceptors (Lipinski definition) is 8. The zero-order valence-electron chi connectivity index (χ0n) is 14.7. The number of carbonyl (C=O) groups is 2. The Bertz CT molecular complexity index is 342. The molecule has 0 aliphatic rings. The van der Waals surface area contributed by atoms with E-state index in [1.165, 1.54) is 0 Å². The second kappa shape index (κ2) is 12.4. The maximum absolute atomic E-state index is 11.9. The molecule has 23 heavy (non-hydrogen) atoms. The normalized spacial score (nSPS) is 12.7. The maximum atomic E-state index is 11.9. The third-order valence-electron chi connectivity index (χ3n) is 3.23. The van der Waals surface area contributed by atoms with E-state index >= 15 is 0 Å². The van der Waals surface area contributed by atoms with Crippen molar-refractivity contribution in [1.29, 1.82) is 0 Å². The minimum absolute atomic E-state index is 0.0614. The fraction of sp³-hybridized carbons (Fsp3) is 0.857. The fourth-order valence-electron chi connectivity index (χ4n) is 2.01. The van der Waals surface area contributed by atoms with E-state index in [4.69, 9.17) is 22.8 Å². The predicted octanol–water partition coefficient (Wildman–Crippen LogP) is 0.729. The molecule has 136 valence electrons. The van der Waals surface area contributed by atoms with E-state index in [-0.39, 0.29) is 19.6 Å². The average Bonchev–Trinajstić information content (AvgIpc) is 2.55. The van der Waals surface area contributed by atoms with Crippen molar-refractivity contribution < 1.29 is 32.3 Å². The summed E-state index contributed by atoms with van der Waals surface area (Å²) in [6.45, 7) is 4.46. The molecule has 0 radical (unpaired) electrons. The first-order valence-corrected chi connectivity index (χ1v) is 9.62. The Balaban J connectivity index is 4.43. The van der Waals surface area contributed by atoms with Gasteiger partial charge in [-0.1, -0.05) is 0 Å². The molecule has 0 aromatic heterocycles. The molecule has 0 spiro atoms. The molecule has 0 amide bonds. The second-order valence-electron chi connectivity index (χ2n) is 4.67. The van der Waals surface area contributed by atoms with E-state index in [0.29, 0.717) is 19.0 Å². The van der Waals surface area contributed by atoms with Crippen molar-refractivity contribution in [2.45, 2.75) is 38.8 Å². The van der Waals surface area contributed by atoms with Gasteiger partial charge >= 0.3 is 20.7 Å². The summed E-state index contributed by atoms with van der Waals surface area (Å²) in [5.41, 5.74) is 0. The van der Waals surface area contributed by atoms with Crippen LogP contribution in [0.15, 0.2) is 0 Å². The molecule has 0 rings (SSSR count). The lowest BCUT2D eigenvalue weighted by Gasteiger charge is -2.24. The monoisotopic (exact) mass is 351 g/mol. The Morgan fingerprint density at radius 2 is 1.57 bits per heavy atom. The molecule has 0 aliphatic heterocycles. The van der Waals surface area contributed by atoms with Gasteiger partial charge in [-0.25, -0.2) is 0 Å². The van der Waals surface area contributed by atoms with Crippen LogP contribution >= 0.6 is 0 Å². The van der Waals surface area contributed by atoms with E-state index in [0.717, 1.165) is 0 Å². The number of nitrogens with one attached hydrogen (secondary N) is 1. The minimum Gasteiger partial charge on any atom is -0.466 e. The highest BCUT2D eigenvalue weighted by Crippen LogP contribution is 2.14. The lowest BCUT2D eigenvalue weighted by Crippen LogP contribution is -2.44. The lowest BCUT2D eigenvalue weighted by molar-refractivity contribution is -0.152. The van der Waals surface area contributed by atoms with E-state index in [1.54, 1.807) is 35.2 Å². The first-order chi connectivity index (χ1) is 11.0. The van der Waals surface area contributed by atoms with E-state index in [9.17, 15) is 9.59 Å². The first kappa shape index (κ1) is 22.0. The molecule has 0 saturated heterocycles. The van der Waals surface area contributed by atoms with Crippen molar-refractivity contribution in [3.05, 3.63) is 0 Å². The van der Waals surface area contributed by atoms with Crippen molar-refractivity contribution in [3.8, 4) is 0 Å². The summed E-state index contributed by atoms with van der Waals surface area (Å²) in [5.74, 6) is -0.901. The molecule has 0 aromatic rings. The topological polar surface area (TPSA) is 92.3 Å². The van der Waals surface area contributed by atoms with Crippen LogP contribution in [0.25, 0.3) is 0 Å². The molecule has 0 fully saturated rings. The van der Waals surface area contributed by atoms with Gasteiger partial charge < -0.3 is 28.1 Å². The highest BCUT2D eigenvalue weighted by molar-refractivity contribution is 6.60. The molecular formula is C14H29NO7Si.